The summed E-state index contributed by atoms with van der Waals surface area (Å²) in [5, 5.41) is 16.1. The van der Waals surface area contributed by atoms with Crippen molar-refractivity contribution in [2.75, 3.05) is 24.5 Å². The van der Waals surface area contributed by atoms with E-state index >= 15 is 0 Å². The molecule has 24 heavy (non-hydrogen) atoms. The summed E-state index contributed by atoms with van der Waals surface area (Å²) >= 11 is 0. The van der Waals surface area contributed by atoms with Gasteiger partial charge in [0.1, 0.15) is 0 Å². The van der Waals surface area contributed by atoms with E-state index in [0.29, 0.717) is 6.54 Å². The van der Waals surface area contributed by atoms with Gasteiger partial charge in [-0.3, -0.25) is 0 Å². The van der Waals surface area contributed by atoms with Crippen LogP contribution in [0.3, 0.4) is 0 Å². The van der Waals surface area contributed by atoms with Gasteiger partial charge in [0.15, 0.2) is 0 Å². The zero-order chi connectivity index (χ0) is 17.0. The molecule has 1 heterocycles. The minimum absolute atomic E-state index is 0.0641. The standard InChI is InChI=1S/C19H29N3O2/c1-15(21-18(23)20-14-19(24)9-2-3-10-19)16-7-6-8-17(13-16)22-11-4-5-12-22/h6-8,13,15,24H,2-5,9-12,14H2,1H3,(H2,20,21,23). The molecule has 3 rings (SSSR count). The highest BCUT2D eigenvalue weighted by atomic mass is 16.3. The molecule has 1 aliphatic heterocycles. The summed E-state index contributed by atoms with van der Waals surface area (Å²) in [6.45, 7) is 4.56. The Morgan fingerprint density at radius 1 is 1.25 bits per heavy atom. The number of carbonyl (C=O) groups is 1. The van der Waals surface area contributed by atoms with Crippen LogP contribution in [0.5, 0.6) is 0 Å². The van der Waals surface area contributed by atoms with Crippen molar-refractivity contribution in [3.63, 3.8) is 0 Å². The molecule has 1 aromatic rings. The van der Waals surface area contributed by atoms with E-state index < -0.39 is 5.60 Å². The number of amides is 2. The van der Waals surface area contributed by atoms with E-state index in [4.69, 9.17) is 0 Å². The Hall–Kier alpha value is -1.75. The first-order chi connectivity index (χ1) is 11.6. The lowest BCUT2D eigenvalue weighted by Crippen LogP contribution is -2.45. The van der Waals surface area contributed by atoms with Gasteiger partial charge in [0.2, 0.25) is 0 Å². The van der Waals surface area contributed by atoms with E-state index in [9.17, 15) is 9.90 Å². The first-order valence-corrected chi connectivity index (χ1v) is 9.17. The number of nitrogens with one attached hydrogen (secondary N) is 2. The second-order valence-corrected chi connectivity index (χ2v) is 7.27. The zero-order valence-electron chi connectivity index (χ0n) is 14.6. The van der Waals surface area contributed by atoms with E-state index in [2.05, 4.69) is 39.8 Å². The Morgan fingerprint density at radius 2 is 1.96 bits per heavy atom. The van der Waals surface area contributed by atoms with Crippen LogP contribution in [0, 0.1) is 0 Å². The Kier molecular flexibility index (Phi) is 5.29. The number of carbonyl (C=O) groups excluding carboxylic acids is 1. The Labute approximate surface area is 144 Å². The van der Waals surface area contributed by atoms with Crippen molar-refractivity contribution < 1.29 is 9.90 Å². The van der Waals surface area contributed by atoms with Crippen molar-refractivity contribution in [3.8, 4) is 0 Å². The van der Waals surface area contributed by atoms with Crippen LogP contribution < -0.4 is 15.5 Å². The van der Waals surface area contributed by atoms with E-state index in [1.807, 2.05) is 6.92 Å². The second kappa shape index (κ2) is 7.43. The summed E-state index contributed by atoms with van der Waals surface area (Å²) in [6, 6.07) is 8.13. The highest BCUT2D eigenvalue weighted by molar-refractivity contribution is 5.74. The van der Waals surface area contributed by atoms with Crippen molar-refractivity contribution in [1.82, 2.24) is 10.6 Å². The third-order valence-corrected chi connectivity index (χ3v) is 5.30. The number of hydrogen-bond donors (Lipinski definition) is 3. The van der Waals surface area contributed by atoms with Gasteiger partial charge < -0.3 is 20.6 Å². The predicted molar refractivity (Wildman–Crippen MR) is 96.3 cm³/mol. The van der Waals surface area contributed by atoms with Gasteiger partial charge in [-0.05, 0) is 50.3 Å². The van der Waals surface area contributed by atoms with E-state index in [0.717, 1.165) is 44.3 Å². The smallest absolute Gasteiger partial charge is 0.315 e. The topological polar surface area (TPSA) is 64.6 Å². The third kappa shape index (κ3) is 4.20. The third-order valence-electron chi connectivity index (χ3n) is 5.30. The van der Waals surface area contributed by atoms with Gasteiger partial charge in [-0.2, -0.15) is 0 Å². The van der Waals surface area contributed by atoms with Gasteiger partial charge in [0.05, 0.1) is 11.6 Å². The zero-order valence-corrected chi connectivity index (χ0v) is 14.6. The molecule has 1 aromatic carbocycles. The van der Waals surface area contributed by atoms with Gasteiger partial charge in [-0.25, -0.2) is 4.79 Å². The van der Waals surface area contributed by atoms with Crippen molar-refractivity contribution in [2.45, 2.75) is 57.1 Å². The summed E-state index contributed by atoms with van der Waals surface area (Å²) in [5.74, 6) is 0. The molecule has 1 unspecified atom stereocenters. The molecule has 0 aromatic heterocycles. The van der Waals surface area contributed by atoms with Crippen molar-refractivity contribution >= 4 is 11.7 Å². The number of benzene rings is 1. The molecule has 5 nitrogen and oxygen atoms in total. The Morgan fingerprint density at radius 3 is 2.67 bits per heavy atom. The van der Waals surface area contributed by atoms with Crippen LogP contribution in [0.1, 0.15) is 57.1 Å². The van der Waals surface area contributed by atoms with Crippen LogP contribution in [0.15, 0.2) is 24.3 Å². The molecule has 2 aliphatic rings. The van der Waals surface area contributed by atoms with Crippen molar-refractivity contribution in [1.29, 1.82) is 0 Å². The lowest BCUT2D eigenvalue weighted by Gasteiger charge is -2.24. The molecule has 2 fully saturated rings. The largest absolute Gasteiger partial charge is 0.388 e. The summed E-state index contributed by atoms with van der Waals surface area (Å²) in [5.41, 5.74) is 1.63. The summed E-state index contributed by atoms with van der Waals surface area (Å²) < 4.78 is 0. The van der Waals surface area contributed by atoms with E-state index in [1.54, 1.807) is 0 Å². The number of anilines is 1. The molecule has 1 atom stereocenters. The summed E-state index contributed by atoms with van der Waals surface area (Å²) in [4.78, 5) is 14.5. The lowest BCUT2D eigenvalue weighted by molar-refractivity contribution is 0.0500. The number of aliphatic hydroxyl groups is 1. The van der Waals surface area contributed by atoms with E-state index in [-0.39, 0.29) is 12.1 Å². The molecule has 1 saturated carbocycles. The fourth-order valence-corrected chi connectivity index (χ4v) is 3.75. The van der Waals surface area contributed by atoms with Gasteiger partial charge >= 0.3 is 6.03 Å². The molecular weight excluding hydrogens is 302 g/mol. The first-order valence-electron chi connectivity index (χ1n) is 9.17. The van der Waals surface area contributed by atoms with Crippen LogP contribution in [0.2, 0.25) is 0 Å². The number of urea groups is 1. The average Bonchev–Trinajstić information content (AvgIpc) is 3.25. The van der Waals surface area contributed by atoms with Gasteiger partial charge in [0, 0.05) is 25.3 Å². The maximum absolute atomic E-state index is 12.1. The monoisotopic (exact) mass is 331 g/mol. The van der Waals surface area contributed by atoms with Crippen molar-refractivity contribution in [2.24, 2.45) is 0 Å². The SMILES string of the molecule is CC(NC(=O)NCC1(O)CCCC1)c1cccc(N2CCCC2)c1. The second-order valence-electron chi connectivity index (χ2n) is 7.27. The molecule has 132 valence electrons. The van der Waals surface area contributed by atoms with Crippen LogP contribution >= 0.6 is 0 Å². The van der Waals surface area contributed by atoms with Crippen molar-refractivity contribution in [3.05, 3.63) is 29.8 Å². The number of rotatable bonds is 5. The molecule has 1 saturated heterocycles. The lowest BCUT2D eigenvalue weighted by atomic mass is 10.0. The van der Waals surface area contributed by atoms with Crippen LogP contribution in [0.25, 0.3) is 0 Å². The van der Waals surface area contributed by atoms with Crippen LogP contribution in [-0.2, 0) is 0 Å². The van der Waals surface area contributed by atoms with Gasteiger partial charge in [-0.1, -0.05) is 25.0 Å². The van der Waals surface area contributed by atoms with Crippen LogP contribution in [0.4, 0.5) is 10.5 Å². The van der Waals surface area contributed by atoms with Crippen LogP contribution in [-0.4, -0.2) is 36.4 Å². The molecule has 3 N–H and O–H groups in total. The minimum atomic E-state index is -0.712. The maximum atomic E-state index is 12.1. The highest BCUT2D eigenvalue weighted by Crippen LogP contribution is 2.28. The number of nitrogens with zero attached hydrogens (tertiary/aromatic N) is 1. The normalized spacial score (nSPS) is 20.8. The first kappa shape index (κ1) is 17.1. The Balaban J connectivity index is 1.53. The van der Waals surface area contributed by atoms with Gasteiger partial charge in [0.25, 0.3) is 0 Å². The highest BCUT2D eigenvalue weighted by Gasteiger charge is 2.31. The maximum Gasteiger partial charge on any atom is 0.315 e. The molecule has 0 spiro atoms. The minimum Gasteiger partial charge on any atom is -0.388 e. The molecule has 0 radical (unpaired) electrons. The molecular formula is C19H29N3O2. The summed E-state index contributed by atoms with van der Waals surface area (Å²) in [7, 11) is 0. The Bertz CT molecular complexity index is 563. The fourth-order valence-electron chi connectivity index (χ4n) is 3.75. The molecule has 5 heteroatoms. The van der Waals surface area contributed by atoms with Gasteiger partial charge in [-0.15, -0.1) is 0 Å². The molecule has 1 aliphatic carbocycles. The molecule has 2 amide bonds. The average molecular weight is 331 g/mol. The predicted octanol–water partition coefficient (Wildman–Crippen LogP) is 2.95. The van der Waals surface area contributed by atoms with E-state index in [1.165, 1.54) is 18.5 Å². The fraction of sp³-hybridized carbons (Fsp3) is 0.632. The molecule has 0 bridgehead atoms. The number of hydrogen-bond acceptors (Lipinski definition) is 3. The summed E-state index contributed by atoms with van der Waals surface area (Å²) in [6.07, 6.45) is 6.15. The quantitative estimate of drug-likeness (QED) is 0.777.